The fraction of sp³-hybridized carbons (Fsp3) is 0.688. The summed E-state index contributed by atoms with van der Waals surface area (Å²) in [5.41, 5.74) is 3.20. The van der Waals surface area contributed by atoms with Crippen LogP contribution >= 0.6 is 0 Å². The average molecular weight is 308 g/mol. The summed E-state index contributed by atoms with van der Waals surface area (Å²) in [7, 11) is 0. The zero-order valence-corrected chi connectivity index (χ0v) is 13.3. The molecule has 0 amide bonds. The van der Waals surface area contributed by atoms with Gasteiger partial charge in [-0.3, -0.25) is 14.3 Å². The molecule has 1 aliphatic carbocycles. The molecule has 6 nitrogen and oxygen atoms in total. The van der Waals surface area contributed by atoms with Crippen LogP contribution in [-0.2, 0) is 33.7 Å². The number of hydrogen-bond donors (Lipinski definition) is 1. The lowest BCUT2D eigenvalue weighted by Gasteiger charge is -2.22. The molecule has 0 bridgehead atoms. The molecule has 1 aromatic rings. The minimum Gasteiger partial charge on any atom is -0.481 e. The predicted molar refractivity (Wildman–Crippen MR) is 80.8 cm³/mol. The van der Waals surface area contributed by atoms with E-state index >= 15 is 0 Å². The molecule has 1 aliphatic rings. The number of nitrogens with zero attached hydrogens (tertiary/aromatic N) is 2. The van der Waals surface area contributed by atoms with Crippen LogP contribution in [0, 0.1) is 0 Å². The first kappa shape index (κ1) is 16.5. The highest BCUT2D eigenvalue weighted by Gasteiger charge is 2.29. The third-order valence-electron chi connectivity index (χ3n) is 4.14. The van der Waals surface area contributed by atoms with Gasteiger partial charge in [0.05, 0.1) is 31.7 Å². The van der Waals surface area contributed by atoms with Gasteiger partial charge in [-0.1, -0.05) is 6.92 Å². The molecule has 0 aromatic carbocycles. The Morgan fingerprint density at radius 2 is 2.18 bits per heavy atom. The average Bonchev–Trinajstić information content (AvgIpc) is 2.84. The molecule has 1 atom stereocenters. The van der Waals surface area contributed by atoms with E-state index in [2.05, 4.69) is 5.10 Å². The van der Waals surface area contributed by atoms with E-state index in [0.717, 1.165) is 42.6 Å². The number of carboxylic acid groups (broad SMARTS) is 1. The summed E-state index contributed by atoms with van der Waals surface area (Å²) in [6.45, 7) is 4.71. The minimum atomic E-state index is -0.765. The number of carbonyl (C=O) groups is 2. The van der Waals surface area contributed by atoms with E-state index in [0.29, 0.717) is 19.6 Å². The highest BCUT2D eigenvalue weighted by molar-refractivity contribution is 5.69. The number of aryl methyl sites for hydroxylation is 2. The summed E-state index contributed by atoms with van der Waals surface area (Å²) in [5.74, 6) is -0.936. The minimum absolute atomic E-state index is 0.0487. The maximum Gasteiger partial charge on any atom is 0.307 e. The van der Waals surface area contributed by atoms with E-state index in [1.54, 1.807) is 6.92 Å². The molecule has 0 saturated carbocycles. The van der Waals surface area contributed by atoms with Crippen LogP contribution in [-0.4, -0.2) is 33.4 Å². The monoisotopic (exact) mass is 308 g/mol. The first-order valence-corrected chi connectivity index (χ1v) is 8.02. The fourth-order valence-corrected chi connectivity index (χ4v) is 3.25. The summed E-state index contributed by atoms with van der Waals surface area (Å²) in [4.78, 5) is 22.6. The Kier molecular flexibility index (Phi) is 5.57. The van der Waals surface area contributed by atoms with E-state index in [1.165, 1.54) is 0 Å². The molecule has 122 valence electrons. The van der Waals surface area contributed by atoms with Crippen LogP contribution in [0.4, 0.5) is 0 Å². The van der Waals surface area contributed by atoms with Crippen LogP contribution in [0.3, 0.4) is 0 Å². The molecule has 0 radical (unpaired) electrons. The van der Waals surface area contributed by atoms with Crippen LogP contribution in [0.1, 0.15) is 62.4 Å². The number of ether oxygens (including phenoxy) is 1. The second-order valence-electron chi connectivity index (χ2n) is 5.63. The predicted octanol–water partition coefficient (Wildman–Crippen LogP) is 2.29. The SMILES string of the molecule is CCOC(=O)CCn1nc(CC)c2c1CCCC2CC(=O)O. The van der Waals surface area contributed by atoms with Crippen LogP contribution in [0.25, 0.3) is 0 Å². The van der Waals surface area contributed by atoms with Crippen LogP contribution in [0.5, 0.6) is 0 Å². The molecular formula is C16H24N2O4. The highest BCUT2D eigenvalue weighted by atomic mass is 16.5. The normalized spacial score (nSPS) is 17.1. The number of carbonyl (C=O) groups excluding carboxylic acids is 1. The highest BCUT2D eigenvalue weighted by Crippen LogP contribution is 2.36. The third-order valence-corrected chi connectivity index (χ3v) is 4.14. The van der Waals surface area contributed by atoms with Crippen molar-refractivity contribution in [1.82, 2.24) is 9.78 Å². The maximum absolute atomic E-state index is 11.5. The van der Waals surface area contributed by atoms with Crippen molar-refractivity contribution in [2.75, 3.05) is 6.61 Å². The molecule has 22 heavy (non-hydrogen) atoms. The van der Waals surface area contributed by atoms with Crippen molar-refractivity contribution in [1.29, 1.82) is 0 Å². The van der Waals surface area contributed by atoms with Crippen LogP contribution < -0.4 is 0 Å². The molecule has 0 saturated heterocycles. The molecule has 2 rings (SSSR count). The molecule has 0 fully saturated rings. The molecule has 1 N–H and O–H groups in total. The molecular weight excluding hydrogens is 284 g/mol. The van der Waals surface area contributed by atoms with Gasteiger partial charge in [0.2, 0.25) is 0 Å². The molecule has 1 unspecified atom stereocenters. The molecule has 0 aliphatic heterocycles. The lowest BCUT2D eigenvalue weighted by molar-refractivity contribution is -0.143. The number of aliphatic carboxylic acids is 1. The van der Waals surface area contributed by atoms with Gasteiger partial charge in [-0.05, 0) is 38.5 Å². The van der Waals surface area contributed by atoms with Gasteiger partial charge in [-0.25, -0.2) is 0 Å². The second-order valence-corrected chi connectivity index (χ2v) is 5.63. The van der Waals surface area contributed by atoms with Gasteiger partial charge in [0.1, 0.15) is 0 Å². The first-order valence-electron chi connectivity index (χ1n) is 8.02. The number of esters is 1. The Morgan fingerprint density at radius 1 is 1.41 bits per heavy atom. The molecule has 1 aromatic heterocycles. The Hall–Kier alpha value is -1.85. The van der Waals surface area contributed by atoms with Crippen molar-refractivity contribution in [2.24, 2.45) is 0 Å². The van der Waals surface area contributed by atoms with E-state index in [9.17, 15) is 9.59 Å². The molecule has 6 heteroatoms. The summed E-state index contributed by atoms with van der Waals surface area (Å²) in [6, 6.07) is 0. The smallest absolute Gasteiger partial charge is 0.307 e. The lowest BCUT2D eigenvalue weighted by atomic mass is 9.82. The van der Waals surface area contributed by atoms with Gasteiger partial charge in [0, 0.05) is 11.3 Å². The fourth-order valence-electron chi connectivity index (χ4n) is 3.25. The van der Waals surface area contributed by atoms with E-state index in [4.69, 9.17) is 9.84 Å². The zero-order chi connectivity index (χ0) is 16.1. The summed E-state index contributed by atoms with van der Waals surface area (Å²) >= 11 is 0. The van der Waals surface area contributed by atoms with Crippen molar-refractivity contribution >= 4 is 11.9 Å². The second kappa shape index (κ2) is 7.42. The topological polar surface area (TPSA) is 81.4 Å². The van der Waals surface area contributed by atoms with Crippen molar-refractivity contribution in [3.05, 3.63) is 17.0 Å². The lowest BCUT2D eigenvalue weighted by Crippen LogP contribution is -2.17. The van der Waals surface area contributed by atoms with Crippen molar-refractivity contribution in [2.45, 2.75) is 64.8 Å². The molecule has 0 spiro atoms. The largest absolute Gasteiger partial charge is 0.481 e. The van der Waals surface area contributed by atoms with Gasteiger partial charge in [-0.2, -0.15) is 5.10 Å². The number of rotatable bonds is 7. The van der Waals surface area contributed by atoms with Crippen molar-refractivity contribution in [3.63, 3.8) is 0 Å². The summed E-state index contributed by atoms with van der Waals surface area (Å²) in [5, 5.41) is 13.7. The number of hydrogen-bond acceptors (Lipinski definition) is 4. The van der Waals surface area contributed by atoms with Gasteiger partial charge in [0.25, 0.3) is 0 Å². The Bertz CT molecular complexity index is 551. The van der Waals surface area contributed by atoms with Crippen LogP contribution in [0.2, 0.25) is 0 Å². The summed E-state index contributed by atoms with van der Waals surface area (Å²) in [6.07, 6.45) is 4.01. The van der Waals surface area contributed by atoms with Crippen molar-refractivity contribution < 1.29 is 19.4 Å². The van der Waals surface area contributed by atoms with Gasteiger partial charge in [0.15, 0.2) is 0 Å². The summed E-state index contributed by atoms with van der Waals surface area (Å²) < 4.78 is 6.84. The van der Waals surface area contributed by atoms with Gasteiger partial charge >= 0.3 is 11.9 Å². The maximum atomic E-state index is 11.5. The third kappa shape index (κ3) is 3.67. The standard InChI is InChI=1S/C16H24N2O4/c1-3-12-16-11(10-14(19)20)6-5-7-13(16)18(17-12)9-8-15(21)22-4-2/h11H,3-10H2,1-2H3,(H,19,20). The Morgan fingerprint density at radius 3 is 2.82 bits per heavy atom. The van der Waals surface area contributed by atoms with Gasteiger partial charge in [-0.15, -0.1) is 0 Å². The van der Waals surface area contributed by atoms with E-state index in [-0.39, 0.29) is 18.3 Å². The number of fused-ring (bicyclic) bond motifs is 1. The van der Waals surface area contributed by atoms with E-state index < -0.39 is 5.97 Å². The van der Waals surface area contributed by atoms with Crippen LogP contribution in [0.15, 0.2) is 0 Å². The number of aromatic nitrogens is 2. The molecule has 1 heterocycles. The zero-order valence-electron chi connectivity index (χ0n) is 13.3. The van der Waals surface area contributed by atoms with Crippen molar-refractivity contribution in [3.8, 4) is 0 Å². The quantitative estimate of drug-likeness (QED) is 0.782. The number of carboxylic acids is 1. The van der Waals surface area contributed by atoms with Gasteiger partial charge < -0.3 is 9.84 Å². The van der Waals surface area contributed by atoms with E-state index in [1.807, 2.05) is 11.6 Å². The Labute approximate surface area is 130 Å². The Balaban J connectivity index is 2.21. The first-order chi connectivity index (χ1) is 10.6.